The molecule has 8 nitrogen and oxygen atoms in total. The number of primary amides is 1. The Morgan fingerprint density at radius 1 is 1.26 bits per heavy atom. The van der Waals surface area contributed by atoms with Crippen LogP contribution in [0.25, 0.3) is 11.3 Å². The molecule has 27 heavy (non-hydrogen) atoms. The number of ether oxygens (including phenoxy) is 1. The zero-order valence-corrected chi connectivity index (χ0v) is 16.1. The van der Waals surface area contributed by atoms with Crippen LogP contribution in [0.4, 0.5) is 4.79 Å². The number of amides is 3. The molecular formula is C19H25N5O3. The molecule has 0 bridgehead atoms. The highest BCUT2D eigenvalue weighted by molar-refractivity contribution is 6.01. The fraction of sp³-hybridized carbons (Fsp3) is 0.421. The number of benzene rings is 1. The number of urea groups is 1. The summed E-state index contributed by atoms with van der Waals surface area (Å²) in [5.74, 6) is 0.451. The highest BCUT2D eigenvalue weighted by Gasteiger charge is 2.31. The van der Waals surface area contributed by atoms with E-state index in [0.29, 0.717) is 35.8 Å². The van der Waals surface area contributed by atoms with E-state index in [1.807, 2.05) is 45.0 Å². The van der Waals surface area contributed by atoms with E-state index < -0.39 is 11.6 Å². The standard InChI is InChI=1S/C19H25N5O3/c1-19(2,3)21-17(25)15-14-11-23(18(20)26)8-9-24(14)22-16(15)12-6-5-7-13(10-12)27-4/h5-7,10H,8-9,11H2,1-4H3,(H2,20,26)(H,21,25). The van der Waals surface area contributed by atoms with E-state index in [2.05, 4.69) is 10.4 Å². The van der Waals surface area contributed by atoms with Crippen LogP contribution < -0.4 is 15.8 Å². The van der Waals surface area contributed by atoms with Crippen molar-refractivity contribution >= 4 is 11.9 Å². The van der Waals surface area contributed by atoms with E-state index in [-0.39, 0.29) is 12.5 Å². The number of hydrogen-bond acceptors (Lipinski definition) is 4. The van der Waals surface area contributed by atoms with Gasteiger partial charge >= 0.3 is 6.03 Å². The molecular weight excluding hydrogens is 346 g/mol. The minimum Gasteiger partial charge on any atom is -0.497 e. The van der Waals surface area contributed by atoms with Crippen molar-refractivity contribution in [3.63, 3.8) is 0 Å². The molecule has 0 aliphatic carbocycles. The second-order valence-electron chi connectivity index (χ2n) is 7.59. The number of aromatic nitrogens is 2. The zero-order chi connectivity index (χ0) is 19.8. The summed E-state index contributed by atoms with van der Waals surface area (Å²) >= 11 is 0. The van der Waals surface area contributed by atoms with Gasteiger partial charge in [-0.2, -0.15) is 5.10 Å². The second-order valence-corrected chi connectivity index (χ2v) is 7.59. The van der Waals surface area contributed by atoms with Crippen LogP contribution in [0.1, 0.15) is 36.8 Å². The molecule has 1 aliphatic rings. The summed E-state index contributed by atoms with van der Waals surface area (Å²) in [4.78, 5) is 26.2. The first kappa shape index (κ1) is 18.8. The number of carbonyl (C=O) groups excluding carboxylic acids is 2. The largest absolute Gasteiger partial charge is 0.497 e. The van der Waals surface area contributed by atoms with Gasteiger partial charge in [-0.05, 0) is 32.9 Å². The van der Waals surface area contributed by atoms with Crippen LogP contribution in [0.5, 0.6) is 5.75 Å². The van der Waals surface area contributed by atoms with E-state index in [4.69, 9.17) is 10.5 Å². The van der Waals surface area contributed by atoms with Crippen LogP contribution in [-0.2, 0) is 13.1 Å². The van der Waals surface area contributed by atoms with Crippen LogP contribution >= 0.6 is 0 Å². The van der Waals surface area contributed by atoms with E-state index >= 15 is 0 Å². The van der Waals surface area contributed by atoms with Gasteiger partial charge in [0.2, 0.25) is 0 Å². The third-order valence-electron chi connectivity index (χ3n) is 4.35. The number of nitrogens with one attached hydrogen (secondary N) is 1. The number of nitrogens with zero attached hydrogens (tertiary/aromatic N) is 3. The third kappa shape index (κ3) is 3.89. The minimum atomic E-state index is -0.507. The molecule has 8 heteroatoms. The fourth-order valence-corrected chi connectivity index (χ4v) is 3.12. The van der Waals surface area contributed by atoms with Crippen molar-refractivity contribution in [1.82, 2.24) is 20.0 Å². The SMILES string of the molecule is COc1cccc(-c2nn3c(c2C(=O)NC(C)(C)C)CN(C(N)=O)CC3)c1. The highest BCUT2D eigenvalue weighted by Crippen LogP contribution is 2.30. The van der Waals surface area contributed by atoms with Crippen molar-refractivity contribution in [3.05, 3.63) is 35.5 Å². The van der Waals surface area contributed by atoms with Gasteiger partial charge in [-0.3, -0.25) is 9.48 Å². The van der Waals surface area contributed by atoms with Gasteiger partial charge < -0.3 is 20.7 Å². The van der Waals surface area contributed by atoms with Gasteiger partial charge in [0.05, 0.1) is 31.5 Å². The number of nitrogens with two attached hydrogens (primary N) is 1. The number of hydrogen-bond donors (Lipinski definition) is 2. The number of carbonyl (C=O) groups is 2. The van der Waals surface area contributed by atoms with Crippen molar-refractivity contribution in [3.8, 4) is 17.0 Å². The fourth-order valence-electron chi connectivity index (χ4n) is 3.12. The number of rotatable bonds is 3. The average molecular weight is 371 g/mol. The molecule has 144 valence electrons. The molecule has 3 rings (SSSR count). The van der Waals surface area contributed by atoms with Crippen LogP contribution in [0.3, 0.4) is 0 Å². The van der Waals surface area contributed by atoms with Crippen LogP contribution in [0.2, 0.25) is 0 Å². The molecule has 0 unspecified atom stereocenters. The molecule has 0 atom stereocenters. The van der Waals surface area contributed by atoms with Gasteiger partial charge in [-0.1, -0.05) is 12.1 Å². The Hall–Kier alpha value is -3.03. The van der Waals surface area contributed by atoms with Gasteiger partial charge in [-0.15, -0.1) is 0 Å². The summed E-state index contributed by atoms with van der Waals surface area (Å²) in [5.41, 5.74) is 7.53. The summed E-state index contributed by atoms with van der Waals surface area (Å²) in [7, 11) is 1.59. The summed E-state index contributed by atoms with van der Waals surface area (Å²) < 4.78 is 7.09. The van der Waals surface area contributed by atoms with Crippen LogP contribution in [0.15, 0.2) is 24.3 Å². The Morgan fingerprint density at radius 2 is 2.00 bits per heavy atom. The molecule has 0 fully saturated rings. The average Bonchev–Trinajstić information content (AvgIpc) is 2.99. The van der Waals surface area contributed by atoms with Gasteiger partial charge in [0.25, 0.3) is 5.91 Å². The van der Waals surface area contributed by atoms with Crippen LogP contribution in [-0.4, -0.2) is 45.8 Å². The lowest BCUT2D eigenvalue weighted by Gasteiger charge is -2.27. The van der Waals surface area contributed by atoms with E-state index in [9.17, 15) is 9.59 Å². The number of methoxy groups -OCH3 is 1. The third-order valence-corrected chi connectivity index (χ3v) is 4.35. The molecule has 0 radical (unpaired) electrons. The van der Waals surface area contributed by atoms with Crippen LogP contribution in [0, 0.1) is 0 Å². The zero-order valence-electron chi connectivity index (χ0n) is 16.1. The summed E-state index contributed by atoms with van der Waals surface area (Å²) in [6.07, 6.45) is 0. The molecule has 3 N–H and O–H groups in total. The Labute approximate surface area is 158 Å². The van der Waals surface area contributed by atoms with Crippen molar-refractivity contribution in [2.24, 2.45) is 5.73 Å². The lowest BCUT2D eigenvalue weighted by molar-refractivity contribution is 0.0916. The Bertz CT molecular complexity index is 882. The molecule has 1 aliphatic heterocycles. The first-order valence-corrected chi connectivity index (χ1v) is 8.80. The molecule has 1 aromatic carbocycles. The molecule has 0 saturated carbocycles. The lowest BCUT2D eigenvalue weighted by Crippen LogP contribution is -2.44. The molecule has 0 saturated heterocycles. The quantitative estimate of drug-likeness (QED) is 0.861. The summed E-state index contributed by atoms with van der Waals surface area (Å²) in [6, 6.07) is 6.91. The van der Waals surface area contributed by atoms with Crippen molar-refractivity contribution in [2.45, 2.75) is 39.4 Å². The maximum Gasteiger partial charge on any atom is 0.315 e. The van der Waals surface area contributed by atoms with E-state index in [1.165, 1.54) is 4.90 Å². The summed E-state index contributed by atoms with van der Waals surface area (Å²) in [5, 5.41) is 7.66. The van der Waals surface area contributed by atoms with E-state index in [1.54, 1.807) is 11.8 Å². The van der Waals surface area contributed by atoms with Gasteiger partial charge in [0.1, 0.15) is 11.4 Å². The number of fused-ring (bicyclic) bond motifs is 1. The monoisotopic (exact) mass is 371 g/mol. The first-order chi connectivity index (χ1) is 12.7. The lowest BCUT2D eigenvalue weighted by atomic mass is 10.0. The molecule has 2 aromatic rings. The highest BCUT2D eigenvalue weighted by atomic mass is 16.5. The predicted octanol–water partition coefficient (Wildman–Crippen LogP) is 1.98. The van der Waals surface area contributed by atoms with Crippen molar-refractivity contribution in [1.29, 1.82) is 0 Å². The molecule has 0 spiro atoms. The Kier molecular flexibility index (Phi) is 4.82. The van der Waals surface area contributed by atoms with Gasteiger partial charge in [-0.25, -0.2) is 4.79 Å². The molecule has 1 aromatic heterocycles. The first-order valence-electron chi connectivity index (χ1n) is 8.80. The molecule has 2 heterocycles. The molecule has 3 amide bonds. The van der Waals surface area contributed by atoms with Gasteiger partial charge in [0, 0.05) is 17.6 Å². The smallest absolute Gasteiger partial charge is 0.315 e. The Morgan fingerprint density at radius 3 is 2.63 bits per heavy atom. The van der Waals surface area contributed by atoms with Gasteiger partial charge in [0.15, 0.2) is 0 Å². The van der Waals surface area contributed by atoms with E-state index in [0.717, 1.165) is 5.56 Å². The Balaban J connectivity index is 2.13. The topological polar surface area (TPSA) is 102 Å². The van der Waals surface area contributed by atoms with Crippen molar-refractivity contribution < 1.29 is 14.3 Å². The summed E-state index contributed by atoms with van der Waals surface area (Å²) in [6.45, 7) is 6.95. The second kappa shape index (κ2) is 6.94. The predicted molar refractivity (Wildman–Crippen MR) is 101 cm³/mol. The minimum absolute atomic E-state index is 0.229. The maximum atomic E-state index is 13.1. The normalized spacial score (nSPS) is 13.9. The maximum absolute atomic E-state index is 13.1. The van der Waals surface area contributed by atoms with Crippen molar-refractivity contribution in [2.75, 3.05) is 13.7 Å².